The molecule has 4 aromatic rings. The molecule has 122 valence electrons. The van der Waals surface area contributed by atoms with Gasteiger partial charge in [-0.1, -0.05) is 72.8 Å². The predicted octanol–water partition coefficient (Wildman–Crippen LogP) is 3.21. The highest BCUT2D eigenvalue weighted by atomic mass is 79.9. The first-order chi connectivity index (χ1) is 12.8. The number of benzene rings is 3. The van der Waals surface area contributed by atoms with E-state index in [0.717, 1.165) is 4.47 Å². The Labute approximate surface area is 161 Å². The predicted molar refractivity (Wildman–Crippen MR) is 112 cm³/mol. The van der Waals surface area contributed by atoms with Gasteiger partial charge in [0.2, 0.25) is 0 Å². The highest BCUT2D eigenvalue weighted by molar-refractivity contribution is 9.10. The summed E-state index contributed by atoms with van der Waals surface area (Å²) in [5.41, 5.74) is 9.60. The van der Waals surface area contributed by atoms with Crippen molar-refractivity contribution in [1.29, 1.82) is 0 Å². The average Bonchev–Trinajstić information content (AvgIpc) is 3.15. The molecule has 6 rings (SSSR count). The molecule has 0 aliphatic carbocycles. The van der Waals surface area contributed by atoms with Gasteiger partial charge in [-0.2, -0.15) is 0 Å². The number of hydrogen-bond acceptors (Lipinski definition) is 0. The lowest BCUT2D eigenvalue weighted by Gasteiger charge is -2.29. The third-order valence-corrected chi connectivity index (χ3v) is 6.63. The summed E-state index contributed by atoms with van der Waals surface area (Å²) in [5.74, 6) is 0. The summed E-state index contributed by atoms with van der Waals surface area (Å²) in [7, 11) is 0. The fourth-order valence-corrected chi connectivity index (χ4v) is 5.65. The summed E-state index contributed by atoms with van der Waals surface area (Å²) in [6, 6.07) is 31.1. The molecule has 3 heterocycles. The van der Waals surface area contributed by atoms with Crippen molar-refractivity contribution in [2.24, 2.45) is 0 Å². The molecule has 2 aliphatic heterocycles. The van der Waals surface area contributed by atoms with E-state index < -0.39 is 6.28 Å². The van der Waals surface area contributed by atoms with Gasteiger partial charge >= 0.3 is 6.28 Å². The summed E-state index contributed by atoms with van der Waals surface area (Å²) < 4.78 is 3.62. The second kappa shape index (κ2) is 4.96. The molecule has 0 radical (unpaired) electrons. The number of halogens is 1. The molecule has 3 aromatic carbocycles. The van der Waals surface area contributed by atoms with Gasteiger partial charge in [0.25, 0.3) is 0 Å². The van der Waals surface area contributed by atoms with E-state index in [1.54, 1.807) is 0 Å². The van der Waals surface area contributed by atoms with Crippen LogP contribution in [0.25, 0.3) is 22.4 Å². The van der Waals surface area contributed by atoms with Crippen LogP contribution in [-0.2, 0) is 0 Å². The van der Waals surface area contributed by atoms with E-state index in [1.165, 1.54) is 38.8 Å². The summed E-state index contributed by atoms with van der Waals surface area (Å²) >= 11 is 3.71. The van der Waals surface area contributed by atoms with Crippen LogP contribution in [0.5, 0.6) is 0 Å². The van der Waals surface area contributed by atoms with E-state index in [0.29, 0.717) is 0 Å². The second-order valence-electron chi connectivity index (χ2n) is 7.22. The lowest BCUT2D eigenvalue weighted by atomic mass is 9.26. The molecule has 3 heteroatoms. The fraction of sp³-hybridized carbons (Fsp3) is 0. The molecule has 0 bridgehead atoms. The zero-order valence-corrected chi connectivity index (χ0v) is 15.6. The molecule has 2 aliphatic rings. The lowest BCUT2D eigenvalue weighted by molar-refractivity contribution is -0.524. The first kappa shape index (κ1) is 14.5. The Morgan fingerprint density at radius 2 is 1.08 bits per heavy atom. The molecule has 0 atom stereocenters. The molecule has 0 saturated heterocycles. The maximum Gasteiger partial charge on any atom is 0.362 e. The van der Waals surface area contributed by atoms with Crippen LogP contribution in [-0.4, -0.2) is 6.28 Å². The lowest BCUT2D eigenvalue weighted by Crippen LogP contribution is -2.81. The molecule has 0 N–H and O–H groups in total. The van der Waals surface area contributed by atoms with Crippen molar-refractivity contribution >= 4 is 38.6 Å². The van der Waals surface area contributed by atoms with Gasteiger partial charge in [-0.3, -0.25) is 0 Å². The zero-order chi connectivity index (χ0) is 17.3. The number of fused-ring (bicyclic) bond motifs is 10. The van der Waals surface area contributed by atoms with Crippen LogP contribution in [0.15, 0.2) is 95.6 Å². The van der Waals surface area contributed by atoms with Crippen molar-refractivity contribution in [1.82, 2.24) is 0 Å². The zero-order valence-electron chi connectivity index (χ0n) is 14.1. The van der Waals surface area contributed by atoms with Gasteiger partial charge in [-0.15, -0.1) is 16.4 Å². The van der Waals surface area contributed by atoms with Gasteiger partial charge in [-0.05, 0) is 33.1 Å². The highest BCUT2D eigenvalue weighted by Gasteiger charge is 2.54. The summed E-state index contributed by atoms with van der Waals surface area (Å²) in [6.07, 6.45) is 1.06. The van der Waals surface area contributed by atoms with Crippen molar-refractivity contribution in [2.75, 3.05) is 0 Å². The largest absolute Gasteiger partial charge is 0.407 e. The molecule has 0 saturated carbocycles. The van der Waals surface area contributed by atoms with Gasteiger partial charge in [-0.25, -0.2) is 0 Å². The van der Waals surface area contributed by atoms with Gasteiger partial charge in [0, 0.05) is 11.6 Å². The molecule has 1 nitrogen and oxygen atoms in total. The monoisotopic (exact) mass is 395 g/mol. The highest BCUT2D eigenvalue weighted by Crippen LogP contribution is 2.33. The average molecular weight is 396 g/mol. The van der Waals surface area contributed by atoms with Crippen molar-refractivity contribution in [2.45, 2.75) is 0 Å². The Morgan fingerprint density at radius 3 is 1.69 bits per heavy atom. The van der Waals surface area contributed by atoms with Crippen LogP contribution in [0, 0.1) is 0 Å². The summed E-state index contributed by atoms with van der Waals surface area (Å²) in [4.78, 5) is 0. The third-order valence-electron chi connectivity index (χ3n) is 6.16. The molecule has 0 unspecified atom stereocenters. The Kier molecular flexibility index (Phi) is 2.77. The maximum atomic E-state index is 3.71. The molecule has 1 aromatic heterocycles. The molecule has 1 spiro atoms. The van der Waals surface area contributed by atoms with Crippen LogP contribution in [0.4, 0.5) is 0 Å². The normalized spacial score (nSPS) is 14.7. The Bertz CT molecular complexity index is 1150. The van der Waals surface area contributed by atoms with E-state index in [2.05, 4.69) is 112 Å². The topological polar surface area (TPSA) is 3.88 Å². The van der Waals surface area contributed by atoms with E-state index in [4.69, 9.17) is 0 Å². The van der Waals surface area contributed by atoms with Gasteiger partial charge < -0.3 is 4.48 Å². The standard InChI is InChI=1S/C23H15BBrN/c25-16-13-14-23-19-9-3-6-12-22(19)24(26(23)15-16)20-10-4-1-7-17(20)18-8-2-5-11-21(18)24/h1-15H. The van der Waals surface area contributed by atoms with Crippen molar-refractivity contribution in [3.63, 3.8) is 0 Å². The van der Waals surface area contributed by atoms with E-state index in [-0.39, 0.29) is 0 Å². The number of hydrogen-bond donors (Lipinski definition) is 0. The van der Waals surface area contributed by atoms with Crippen LogP contribution >= 0.6 is 15.9 Å². The van der Waals surface area contributed by atoms with Crippen molar-refractivity contribution < 1.29 is 4.48 Å². The van der Waals surface area contributed by atoms with E-state index in [1.807, 2.05) is 0 Å². The fourth-order valence-electron chi connectivity index (χ4n) is 5.30. The second-order valence-corrected chi connectivity index (χ2v) is 8.14. The van der Waals surface area contributed by atoms with Gasteiger partial charge in [0.05, 0.1) is 4.47 Å². The number of pyridine rings is 1. The number of nitrogens with zero attached hydrogens (tertiary/aromatic N) is 1. The van der Waals surface area contributed by atoms with E-state index >= 15 is 0 Å². The van der Waals surface area contributed by atoms with Gasteiger partial charge in [0.15, 0.2) is 5.69 Å². The molecule has 0 fully saturated rings. The molecule has 26 heavy (non-hydrogen) atoms. The minimum atomic E-state index is -1.20. The van der Waals surface area contributed by atoms with Crippen LogP contribution < -0.4 is 20.9 Å². The van der Waals surface area contributed by atoms with Crippen molar-refractivity contribution in [3.8, 4) is 22.4 Å². The van der Waals surface area contributed by atoms with Crippen LogP contribution in [0.1, 0.15) is 0 Å². The first-order valence-corrected chi connectivity index (χ1v) is 9.77. The smallest absolute Gasteiger partial charge is 0.362 e. The Hall–Kier alpha value is -2.65. The minimum Gasteiger partial charge on any atom is -0.407 e. The van der Waals surface area contributed by atoms with E-state index in [9.17, 15) is 0 Å². The van der Waals surface area contributed by atoms with Crippen LogP contribution in [0.2, 0.25) is 0 Å². The first-order valence-electron chi connectivity index (χ1n) is 8.98. The Balaban J connectivity index is 1.88. The Morgan fingerprint density at radius 1 is 0.577 bits per heavy atom. The molecule has 0 amide bonds. The summed E-state index contributed by atoms with van der Waals surface area (Å²) in [6.45, 7) is 0. The van der Waals surface area contributed by atoms with Gasteiger partial charge in [0.1, 0.15) is 6.20 Å². The number of aromatic nitrogens is 1. The number of rotatable bonds is 0. The maximum absolute atomic E-state index is 3.71. The van der Waals surface area contributed by atoms with Crippen molar-refractivity contribution in [3.05, 3.63) is 95.6 Å². The quantitative estimate of drug-likeness (QED) is 0.348. The SMILES string of the molecule is Brc1ccc2[n+](c1)[B-]1(c3ccccc3-c3ccccc31)c1ccccc1-2. The van der Waals surface area contributed by atoms with Crippen LogP contribution in [0.3, 0.4) is 0 Å². The third kappa shape index (κ3) is 1.56. The minimum absolute atomic E-state index is 1.11. The molecular formula is C23H15BBrN. The molecular weight excluding hydrogens is 381 g/mol. The summed E-state index contributed by atoms with van der Waals surface area (Å²) in [5, 5.41) is 0.